The van der Waals surface area contributed by atoms with Crippen molar-refractivity contribution in [2.24, 2.45) is 0 Å². The van der Waals surface area contributed by atoms with Gasteiger partial charge in [-0.15, -0.1) is 0 Å². The highest BCUT2D eigenvalue weighted by Gasteiger charge is 2.21. The number of imidazole rings is 1. The molecule has 4 aromatic carbocycles. The molecule has 0 atom stereocenters. The smallest absolute Gasteiger partial charge is 0.144 e. The maximum Gasteiger partial charge on any atom is 0.144 e. The van der Waals surface area contributed by atoms with Gasteiger partial charge >= 0.3 is 0 Å². The Labute approximate surface area is 206 Å². The molecule has 35 heavy (non-hydrogen) atoms. The first-order valence-electron chi connectivity index (χ1n) is 12.5. The van der Waals surface area contributed by atoms with Crippen LogP contribution in [-0.2, 0) is 0 Å². The van der Waals surface area contributed by atoms with Crippen LogP contribution < -0.4 is 0 Å². The van der Waals surface area contributed by atoms with Gasteiger partial charge in [0.25, 0.3) is 0 Å². The van der Waals surface area contributed by atoms with Gasteiger partial charge in [0.15, 0.2) is 0 Å². The van der Waals surface area contributed by atoms with Gasteiger partial charge in [0, 0.05) is 34.3 Å². The number of hydrogen-bond acceptors (Lipinski definition) is 2. The van der Waals surface area contributed by atoms with Gasteiger partial charge in [0.2, 0.25) is 0 Å². The molecule has 6 aromatic rings. The molecule has 0 saturated heterocycles. The Kier molecular flexibility index (Phi) is 5.03. The van der Waals surface area contributed by atoms with E-state index in [2.05, 4.69) is 112 Å². The summed E-state index contributed by atoms with van der Waals surface area (Å²) < 4.78 is 8.74. The monoisotopic (exact) mass is 458 g/mol. The molecule has 0 fully saturated rings. The third kappa shape index (κ3) is 3.37. The Morgan fingerprint density at radius 1 is 0.771 bits per heavy atom. The summed E-state index contributed by atoms with van der Waals surface area (Å²) in [7, 11) is 0. The Balaban J connectivity index is 1.59. The lowest BCUT2D eigenvalue weighted by atomic mass is 9.92. The molecular formula is C32H30N2O. The van der Waals surface area contributed by atoms with Crippen LogP contribution in [-0.4, -0.2) is 9.55 Å². The molecule has 0 aliphatic carbocycles. The predicted octanol–water partition coefficient (Wildman–Crippen LogP) is 9.15. The predicted molar refractivity (Wildman–Crippen MR) is 147 cm³/mol. The fourth-order valence-electron chi connectivity index (χ4n) is 5.37. The summed E-state index contributed by atoms with van der Waals surface area (Å²) >= 11 is 0. The van der Waals surface area contributed by atoms with Crippen molar-refractivity contribution in [2.45, 2.75) is 46.5 Å². The van der Waals surface area contributed by atoms with Crippen LogP contribution in [0, 0.1) is 6.92 Å². The number of aromatic nitrogens is 2. The average Bonchev–Trinajstić information content (AvgIpc) is 3.47. The summed E-state index contributed by atoms with van der Waals surface area (Å²) in [4.78, 5) is 4.85. The van der Waals surface area contributed by atoms with E-state index in [1.807, 2.05) is 6.20 Å². The topological polar surface area (TPSA) is 31.0 Å². The molecule has 0 saturated carbocycles. The molecule has 0 spiro atoms. The second-order valence-electron chi connectivity index (χ2n) is 10.1. The summed E-state index contributed by atoms with van der Waals surface area (Å²) in [5, 5.41) is 4.73. The van der Waals surface area contributed by atoms with Crippen molar-refractivity contribution in [3.05, 3.63) is 95.8 Å². The summed E-state index contributed by atoms with van der Waals surface area (Å²) in [6.45, 7) is 11.2. The molecule has 0 aliphatic heterocycles. The molecule has 2 heterocycles. The maximum absolute atomic E-state index is 6.46. The van der Waals surface area contributed by atoms with E-state index in [-0.39, 0.29) is 0 Å². The van der Waals surface area contributed by atoms with Crippen LogP contribution in [0.5, 0.6) is 0 Å². The van der Waals surface area contributed by atoms with E-state index in [0.29, 0.717) is 11.8 Å². The molecule has 2 aromatic heterocycles. The van der Waals surface area contributed by atoms with Gasteiger partial charge in [-0.1, -0.05) is 76.2 Å². The molecule has 0 radical (unpaired) electrons. The number of furan rings is 1. The Morgan fingerprint density at radius 2 is 1.46 bits per heavy atom. The largest absolute Gasteiger partial charge is 0.456 e. The van der Waals surface area contributed by atoms with E-state index in [4.69, 9.17) is 9.40 Å². The number of rotatable bonds is 4. The summed E-state index contributed by atoms with van der Waals surface area (Å²) in [5.41, 5.74) is 8.00. The standard InChI is InChI=1S/C32H30N2O/c1-19(2)24-11-8-12-25(20(3)4)30(24)34-16-15-33-32(34)26-13-14-27-28-17-22-9-6-7-10-23(22)18-29(28)35-31(27)21(26)5/h6-20H,1-5H3. The van der Waals surface area contributed by atoms with Crippen LogP contribution in [0.4, 0.5) is 0 Å². The second kappa shape index (κ2) is 8.13. The number of fused-ring (bicyclic) bond motifs is 4. The van der Waals surface area contributed by atoms with Crippen LogP contribution >= 0.6 is 0 Å². The first kappa shape index (κ1) is 21.7. The minimum atomic E-state index is 0.409. The van der Waals surface area contributed by atoms with Gasteiger partial charge in [-0.2, -0.15) is 0 Å². The first-order valence-corrected chi connectivity index (χ1v) is 12.5. The third-order valence-corrected chi connectivity index (χ3v) is 7.22. The van der Waals surface area contributed by atoms with E-state index < -0.39 is 0 Å². The highest BCUT2D eigenvalue weighted by molar-refractivity contribution is 6.11. The van der Waals surface area contributed by atoms with Crippen molar-refractivity contribution in [1.29, 1.82) is 0 Å². The highest BCUT2D eigenvalue weighted by atomic mass is 16.3. The first-order chi connectivity index (χ1) is 16.9. The lowest BCUT2D eigenvalue weighted by Crippen LogP contribution is -2.08. The van der Waals surface area contributed by atoms with Crippen LogP contribution in [0.15, 0.2) is 83.5 Å². The van der Waals surface area contributed by atoms with Gasteiger partial charge in [-0.25, -0.2) is 4.98 Å². The van der Waals surface area contributed by atoms with E-state index >= 15 is 0 Å². The van der Waals surface area contributed by atoms with Gasteiger partial charge in [0.05, 0.1) is 5.69 Å². The van der Waals surface area contributed by atoms with E-state index in [1.165, 1.54) is 27.6 Å². The summed E-state index contributed by atoms with van der Waals surface area (Å²) in [6, 6.07) is 23.9. The van der Waals surface area contributed by atoms with Crippen molar-refractivity contribution < 1.29 is 4.42 Å². The number of hydrogen-bond donors (Lipinski definition) is 0. The lowest BCUT2D eigenvalue weighted by Gasteiger charge is -2.22. The molecule has 0 bridgehead atoms. The molecule has 0 amide bonds. The molecule has 6 rings (SSSR count). The molecule has 3 nitrogen and oxygen atoms in total. The fourth-order valence-corrected chi connectivity index (χ4v) is 5.37. The van der Waals surface area contributed by atoms with Crippen molar-refractivity contribution >= 4 is 32.7 Å². The lowest BCUT2D eigenvalue weighted by molar-refractivity contribution is 0.666. The zero-order chi connectivity index (χ0) is 24.3. The molecule has 174 valence electrons. The minimum absolute atomic E-state index is 0.409. The SMILES string of the molecule is Cc1c(-c2nccn2-c2c(C(C)C)cccc2C(C)C)ccc2c1oc1cc3ccccc3cc12. The van der Waals surface area contributed by atoms with Gasteiger partial charge in [-0.3, -0.25) is 4.57 Å². The molecule has 3 heteroatoms. The maximum atomic E-state index is 6.46. The quantitative estimate of drug-likeness (QED) is 0.264. The molecular weight excluding hydrogens is 428 g/mol. The minimum Gasteiger partial charge on any atom is -0.456 e. The Hall–Kier alpha value is -3.85. The van der Waals surface area contributed by atoms with Crippen molar-refractivity contribution in [2.75, 3.05) is 0 Å². The number of benzene rings is 4. The van der Waals surface area contributed by atoms with Crippen LogP contribution in [0.2, 0.25) is 0 Å². The Morgan fingerprint density at radius 3 is 2.14 bits per heavy atom. The van der Waals surface area contributed by atoms with Crippen LogP contribution in [0.25, 0.3) is 49.8 Å². The van der Waals surface area contributed by atoms with Gasteiger partial charge in [-0.05, 0) is 58.9 Å². The number of nitrogens with zero attached hydrogens (tertiary/aromatic N) is 2. The highest BCUT2D eigenvalue weighted by Crippen LogP contribution is 2.39. The normalized spacial score (nSPS) is 12.1. The molecule has 0 unspecified atom stereocenters. The second-order valence-corrected chi connectivity index (χ2v) is 10.1. The number of aryl methyl sites for hydroxylation is 1. The fraction of sp³-hybridized carbons (Fsp3) is 0.219. The van der Waals surface area contributed by atoms with E-state index in [9.17, 15) is 0 Å². The zero-order valence-electron chi connectivity index (χ0n) is 21.0. The summed E-state index contributed by atoms with van der Waals surface area (Å²) in [6.07, 6.45) is 4.00. The Bertz CT molecular complexity index is 1690. The third-order valence-electron chi connectivity index (χ3n) is 7.22. The van der Waals surface area contributed by atoms with E-state index in [1.54, 1.807) is 0 Å². The van der Waals surface area contributed by atoms with E-state index in [0.717, 1.165) is 38.9 Å². The summed E-state index contributed by atoms with van der Waals surface area (Å²) in [5.74, 6) is 1.77. The zero-order valence-corrected chi connectivity index (χ0v) is 21.0. The average molecular weight is 459 g/mol. The number of para-hydroxylation sites is 1. The van der Waals surface area contributed by atoms with Crippen molar-refractivity contribution in [3.63, 3.8) is 0 Å². The molecule has 0 aliphatic rings. The van der Waals surface area contributed by atoms with Crippen molar-refractivity contribution in [3.8, 4) is 17.1 Å². The van der Waals surface area contributed by atoms with Crippen LogP contribution in [0.1, 0.15) is 56.2 Å². The van der Waals surface area contributed by atoms with Gasteiger partial charge < -0.3 is 4.42 Å². The van der Waals surface area contributed by atoms with Crippen molar-refractivity contribution in [1.82, 2.24) is 9.55 Å². The molecule has 0 N–H and O–H groups in total. The van der Waals surface area contributed by atoms with Crippen LogP contribution in [0.3, 0.4) is 0 Å². The van der Waals surface area contributed by atoms with Gasteiger partial charge in [0.1, 0.15) is 17.0 Å².